The second-order valence-electron chi connectivity index (χ2n) is 26.6. The molecule has 0 saturated carbocycles. The summed E-state index contributed by atoms with van der Waals surface area (Å²) in [5, 5.41) is 0. The van der Waals surface area contributed by atoms with Crippen LogP contribution in [0.2, 0.25) is 0 Å². The summed E-state index contributed by atoms with van der Waals surface area (Å²) in [6.07, 6.45) is 86.7. The van der Waals surface area contributed by atoms with Gasteiger partial charge in [-0.3, -0.25) is 18.6 Å². The number of phosphoric acid groups is 1. The molecule has 0 radical (unpaired) electrons. The molecule has 0 heterocycles. The molecule has 0 aromatic heterocycles. The Hall–Kier alpha value is -0.990. The van der Waals surface area contributed by atoms with Crippen LogP contribution in [0.25, 0.3) is 0 Å². The zero-order valence-corrected chi connectivity index (χ0v) is 58.3. The van der Waals surface area contributed by atoms with Crippen LogP contribution in [0, 0.1) is 0 Å². The molecule has 0 fully saturated rings. The van der Waals surface area contributed by atoms with Gasteiger partial charge in [-0.05, 0) is 12.8 Å². The van der Waals surface area contributed by atoms with Crippen molar-refractivity contribution in [2.45, 2.75) is 444 Å². The molecule has 0 aromatic carbocycles. The van der Waals surface area contributed by atoms with Gasteiger partial charge in [-0.25, -0.2) is 4.57 Å². The highest BCUT2D eigenvalue weighted by atomic mass is 31.2. The molecule has 0 aliphatic rings. The molecule has 0 rings (SSSR count). The van der Waals surface area contributed by atoms with E-state index >= 15 is 0 Å². The molecule has 0 aliphatic heterocycles. The highest BCUT2D eigenvalue weighted by Gasteiger charge is 2.26. The van der Waals surface area contributed by atoms with Crippen LogP contribution in [0.3, 0.4) is 0 Å². The molecule has 0 aliphatic carbocycles. The molecule has 10 heteroatoms. The number of phosphoric ester groups is 1. The number of carbonyl (C=O) groups is 2. The van der Waals surface area contributed by atoms with E-state index in [-0.39, 0.29) is 32.1 Å². The number of carbonyl (C=O) groups excluding carboxylic acids is 2. The van der Waals surface area contributed by atoms with Crippen LogP contribution in [-0.2, 0) is 32.7 Å². The van der Waals surface area contributed by atoms with E-state index in [9.17, 15) is 19.0 Å². The van der Waals surface area contributed by atoms with Gasteiger partial charge in [0.15, 0.2) is 6.10 Å². The van der Waals surface area contributed by atoms with Gasteiger partial charge in [-0.1, -0.05) is 412 Å². The van der Waals surface area contributed by atoms with E-state index in [0.29, 0.717) is 12.8 Å². The predicted molar refractivity (Wildman–Crippen MR) is 368 cm³/mol. The minimum Gasteiger partial charge on any atom is -0.462 e. The van der Waals surface area contributed by atoms with E-state index in [1.807, 2.05) is 0 Å². The van der Waals surface area contributed by atoms with Crippen molar-refractivity contribution in [3.63, 3.8) is 0 Å². The lowest BCUT2D eigenvalue weighted by atomic mass is 10.0. The fraction of sp³-hybridized carbons (Fsp3) is 0.973. The highest BCUT2D eigenvalue weighted by molar-refractivity contribution is 7.47. The summed E-state index contributed by atoms with van der Waals surface area (Å²) in [4.78, 5) is 35.4. The van der Waals surface area contributed by atoms with Crippen molar-refractivity contribution in [2.24, 2.45) is 5.73 Å². The van der Waals surface area contributed by atoms with Crippen LogP contribution < -0.4 is 5.73 Å². The van der Waals surface area contributed by atoms with Crippen LogP contribution in [0.5, 0.6) is 0 Å². The topological polar surface area (TPSA) is 134 Å². The summed E-state index contributed by atoms with van der Waals surface area (Å²) in [6.45, 7) is 3.86. The lowest BCUT2D eigenvalue weighted by molar-refractivity contribution is -0.161. The van der Waals surface area contributed by atoms with Gasteiger partial charge < -0.3 is 20.1 Å². The molecule has 0 aromatic rings. The Morgan fingerprint density at radius 2 is 0.506 bits per heavy atom. The number of hydrogen-bond acceptors (Lipinski definition) is 8. The first-order valence-corrected chi connectivity index (χ1v) is 40.0. The van der Waals surface area contributed by atoms with E-state index in [1.54, 1.807) is 0 Å². The van der Waals surface area contributed by atoms with Crippen molar-refractivity contribution >= 4 is 19.8 Å². The molecule has 2 atom stereocenters. The molecule has 0 bridgehead atoms. The first-order chi connectivity index (χ1) is 41.8. The maximum absolute atomic E-state index is 12.8. The molecular formula is C75H150NO8P. The van der Waals surface area contributed by atoms with E-state index in [1.165, 1.54) is 372 Å². The Labute approximate surface area is 530 Å². The summed E-state index contributed by atoms with van der Waals surface area (Å²) in [5.41, 5.74) is 5.41. The van der Waals surface area contributed by atoms with Crippen molar-refractivity contribution in [2.75, 3.05) is 26.4 Å². The number of hydrogen-bond donors (Lipinski definition) is 2. The minimum absolute atomic E-state index is 0.0589. The Bertz CT molecular complexity index is 1350. The summed E-state index contributed by atoms with van der Waals surface area (Å²) >= 11 is 0. The fourth-order valence-electron chi connectivity index (χ4n) is 12.3. The molecule has 508 valence electrons. The second kappa shape index (κ2) is 72.1. The van der Waals surface area contributed by atoms with Crippen LogP contribution in [0.15, 0.2) is 0 Å². The van der Waals surface area contributed by atoms with Crippen molar-refractivity contribution in [1.29, 1.82) is 0 Å². The monoisotopic (exact) mass is 1220 g/mol. The molecule has 0 amide bonds. The lowest BCUT2D eigenvalue weighted by Gasteiger charge is -2.19. The molecule has 3 N–H and O–H groups in total. The van der Waals surface area contributed by atoms with Gasteiger partial charge in [0.1, 0.15) is 6.61 Å². The number of esters is 2. The molecule has 0 saturated heterocycles. The third-order valence-electron chi connectivity index (χ3n) is 18.0. The van der Waals surface area contributed by atoms with Gasteiger partial charge in [0.05, 0.1) is 13.2 Å². The Morgan fingerprint density at radius 1 is 0.306 bits per heavy atom. The van der Waals surface area contributed by atoms with Crippen LogP contribution in [-0.4, -0.2) is 49.3 Å². The lowest BCUT2D eigenvalue weighted by Crippen LogP contribution is -2.29. The second-order valence-corrected chi connectivity index (χ2v) is 28.1. The number of nitrogens with two attached hydrogens (primary N) is 1. The molecular weight excluding hydrogens is 1070 g/mol. The van der Waals surface area contributed by atoms with Crippen LogP contribution in [0.4, 0.5) is 0 Å². The Balaban J connectivity index is 3.75. The van der Waals surface area contributed by atoms with Crippen molar-refractivity contribution in [3.05, 3.63) is 0 Å². The average molecular weight is 1220 g/mol. The van der Waals surface area contributed by atoms with Gasteiger partial charge in [0.25, 0.3) is 0 Å². The van der Waals surface area contributed by atoms with E-state index < -0.39 is 26.5 Å². The largest absolute Gasteiger partial charge is 0.472 e. The van der Waals surface area contributed by atoms with E-state index in [2.05, 4.69) is 13.8 Å². The van der Waals surface area contributed by atoms with Gasteiger partial charge in [-0.15, -0.1) is 0 Å². The van der Waals surface area contributed by atoms with Crippen LogP contribution >= 0.6 is 7.82 Å². The molecule has 9 nitrogen and oxygen atoms in total. The summed E-state index contributed by atoms with van der Waals surface area (Å²) in [7, 11) is -4.39. The van der Waals surface area contributed by atoms with Crippen molar-refractivity contribution < 1.29 is 37.6 Å². The van der Waals surface area contributed by atoms with Gasteiger partial charge in [0, 0.05) is 19.4 Å². The van der Waals surface area contributed by atoms with Crippen molar-refractivity contribution in [1.82, 2.24) is 0 Å². The molecule has 85 heavy (non-hydrogen) atoms. The minimum atomic E-state index is -4.39. The van der Waals surface area contributed by atoms with E-state index in [4.69, 9.17) is 24.3 Å². The van der Waals surface area contributed by atoms with Crippen LogP contribution in [0.1, 0.15) is 438 Å². The normalized spacial score (nSPS) is 12.8. The first kappa shape index (κ1) is 84.0. The smallest absolute Gasteiger partial charge is 0.462 e. The quantitative estimate of drug-likeness (QED) is 0.0347. The number of unbranched alkanes of at least 4 members (excludes halogenated alkanes) is 62. The first-order valence-electron chi connectivity index (χ1n) is 38.5. The zero-order valence-electron chi connectivity index (χ0n) is 57.4. The molecule has 0 spiro atoms. The molecule has 2 unspecified atom stereocenters. The van der Waals surface area contributed by atoms with E-state index in [0.717, 1.165) is 32.1 Å². The Kier molecular flexibility index (Phi) is 71.2. The summed E-state index contributed by atoms with van der Waals surface area (Å²) in [6, 6.07) is 0. The third-order valence-corrected chi connectivity index (χ3v) is 19.0. The Morgan fingerprint density at radius 3 is 0.718 bits per heavy atom. The van der Waals surface area contributed by atoms with Gasteiger partial charge in [0.2, 0.25) is 0 Å². The predicted octanol–water partition coefficient (Wildman–Crippen LogP) is 25.3. The summed E-state index contributed by atoms with van der Waals surface area (Å²) in [5.74, 6) is -0.795. The summed E-state index contributed by atoms with van der Waals surface area (Å²) < 4.78 is 33.3. The number of ether oxygens (including phenoxy) is 2. The van der Waals surface area contributed by atoms with Gasteiger partial charge >= 0.3 is 19.8 Å². The maximum atomic E-state index is 12.8. The SMILES string of the molecule is CCCCCCCCCCCCCCCCCCCCCCCCCCCCCCCCCCCC(=O)OC(COC(=O)CCCCCCCCCCCCCCCCCCCCCCCCCCCCCCCCC)COP(=O)(O)OCCN. The fourth-order valence-corrected chi connectivity index (χ4v) is 13.1. The number of rotatable bonds is 75. The van der Waals surface area contributed by atoms with Gasteiger partial charge in [-0.2, -0.15) is 0 Å². The average Bonchev–Trinajstić information content (AvgIpc) is 3.52. The third kappa shape index (κ3) is 72.0. The zero-order chi connectivity index (χ0) is 61.6. The van der Waals surface area contributed by atoms with Crippen molar-refractivity contribution in [3.8, 4) is 0 Å². The maximum Gasteiger partial charge on any atom is 0.472 e. The standard InChI is InChI=1S/C75H150NO8P/c1-3-5-7-9-11-13-15-17-19-21-23-25-27-29-31-33-35-36-38-40-42-44-46-48-50-52-54-56-58-60-62-64-66-68-75(78)84-73(72-83-85(79,80)82-70-69-76)71-81-74(77)67-65-63-61-59-57-55-53-51-49-47-45-43-41-39-37-34-32-30-28-26-24-22-20-18-16-14-12-10-8-6-4-2/h73H,3-72,76H2,1-2H3,(H,79,80). The highest BCUT2D eigenvalue weighted by Crippen LogP contribution is 2.43.